The van der Waals surface area contributed by atoms with Gasteiger partial charge < -0.3 is 14.7 Å². The molecule has 13 heavy (non-hydrogen) atoms. The van der Waals surface area contributed by atoms with Crippen molar-refractivity contribution in [3.63, 3.8) is 0 Å². The Hall–Kier alpha value is -0.700. The first-order chi connectivity index (χ1) is 4.56. The summed E-state index contributed by atoms with van der Waals surface area (Å²) in [5.74, 6) is 0.167. The molecule has 0 heterocycles. The molecule has 0 saturated carbocycles. The van der Waals surface area contributed by atoms with E-state index in [1.54, 1.807) is 6.92 Å². The number of hydrogen-bond donors (Lipinski definition) is 1. The van der Waals surface area contributed by atoms with Gasteiger partial charge >= 0.3 is 0 Å². The van der Waals surface area contributed by atoms with Crippen molar-refractivity contribution in [1.29, 1.82) is 0 Å². The second kappa shape index (κ2) is 64.8. The summed E-state index contributed by atoms with van der Waals surface area (Å²) in [7, 11) is 0. The lowest BCUT2D eigenvalue weighted by molar-refractivity contribution is -0.115. The molecule has 0 fully saturated rings. The summed E-state index contributed by atoms with van der Waals surface area (Å²) in [6.45, 7) is 6.43. The van der Waals surface area contributed by atoms with Crippen LogP contribution in [-0.2, 0) is 9.59 Å². The van der Waals surface area contributed by atoms with Gasteiger partial charge in [-0.15, -0.1) is 0 Å². The summed E-state index contributed by atoms with van der Waals surface area (Å²) in [4.78, 5) is 18.2. The van der Waals surface area contributed by atoms with Gasteiger partial charge in [0, 0.05) is 6.61 Å². The van der Waals surface area contributed by atoms with Crippen LogP contribution in [0.5, 0.6) is 0 Å². The van der Waals surface area contributed by atoms with Gasteiger partial charge in [0.05, 0.1) is 0 Å². The van der Waals surface area contributed by atoms with Gasteiger partial charge in [-0.1, -0.05) is 22.3 Å². The standard InChI is InChI=1S/C3H6O.C2H6O.C2H4O.3CH4/c1-3(2)4;2*1-2-3;;;/h1-2H3;3H,2H2,1H3;2H,1H3;3*1H4. The van der Waals surface area contributed by atoms with Crippen molar-refractivity contribution in [1.82, 2.24) is 0 Å². The molecule has 0 unspecified atom stereocenters. The summed E-state index contributed by atoms with van der Waals surface area (Å²) in [5, 5.41) is 7.57. The quantitative estimate of drug-likeness (QED) is 0.606. The van der Waals surface area contributed by atoms with Crippen LogP contribution in [-0.4, -0.2) is 23.8 Å². The van der Waals surface area contributed by atoms with E-state index in [2.05, 4.69) is 0 Å². The molecule has 86 valence electrons. The van der Waals surface area contributed by atoms with Crippen LogP contribution < -0.4 is 0 Å². The maximum absolute atomic E-state index is 9.44. The Morgan fingerprint density at radius 3 is 1.23 bits per heavy atom. The first-order valence-corrected chi connectivity index (χ1v) is 3.04. The minimum absolute atomic E-state index is 0. The van der Waals surface area contributed by atoms with E-state index in [9.17, 15) is 4.79 Å². The largest absolute Gasteiger partial charge is 0.397 e. The van der Waals surface area contributed by atoms with Gasteiger partial charge in [0.1, 0.15) is 12.1 Å². The third-order valence-corrected chi connectivity index (χ3v) is 0. The van der Waals surface area contributed by atoms with Gasteiger partial charge in [-0.2, -0.15) is 0 Å². The summed E-state index contributed by atoms with van der Waals surface area (Å²) < 4.78 is 0. The van der Waals surface area contributed by atoms with E-state index in [4.69, 9.17) is 9.90 Å². The van der Waals surface area contributed by atoms with E-state index in [0.29, 0.717) is 0 Å². The molecule has 1 N–H and O–H groups in total. The Labute approximate surface area is 84.2 Å². The highest BCUT2D eigenvalue weighted by atomic mass is 16.2. The third kappa shape index (κ3) is 1990. The molecule has 3 heteroatoms. The highest BCUT2D eigenvalue weighted by molar-refractivity contribution is 5.72. The number of aliphatic hydroxyl groups is 1. The average molecular weight is 196 g/mol. The molecule has 0 aliphatic rings. The highest BCUT2D eigenvalue weighted by Gasteiger charge is 1.62. The summed E-state index contributed by atoms with van der Waals surface area (Å²) >= 11 is 0. The Balaban J connectivity index is -0.0000000128. The van der Waals surface area contributed by atoms with Crippen LogP contribution in [0.25, 0.3) is 0 Å². The van der Waals surface area contributed by atoms with Crippen LogP contribution in [0.3, 0.4) is 0 Å². The molecule has 0 aliphatic carbocycles. The summed E-state index contributed by atoms with van der Waals surface area (Å²) in [6, 6.07) is 0. The molecule has 0 aromatic carbocycles. The molecular weight excluding hydrogens is 168 g/mol. The zero-order chi connectivity index (χ0) is 8.99. The minimum atomic E-state index is 0. The fourth-order valence-electron chi connectivity index (χ4n) is 0. The Morgan fingerprint density at radius 1 is 1.23 bits per heavy atom. The van der Waals surface area contributed by atoms with Crippen LogP contribution in [0.1, 0.15) is 50.0 Å². The average Bonchev–Trinajstić information content (AvgIpc) is 1.65. The minimum Gasteiger partial charge on any atom is -0.397 e. The number of ketones is 1. The van der Waals surface area contributed by atoms with Crippen molar-refractivity contribution in [2.45, 2.75) is 50.0 Å². The number of aliphatic hydroxyl groups excluding tert-OH is 1. The molecule has 0 aliphatic heterocycles. The van der Waals surface area contributed by atoms with Crippen molar-refractivity contribution in [2.75, 3.05) is 6.61 Å². The predicted molar refractivity (Wildman–Crippen MR) is 61.0 cm³/mol. The van der Waals surface area contributed by atoms with Crippen molar-refractivity contribution in [3.8, 4) is 0 Å². The molecule has 0 saturated heterocycles. The van der Waals surface area contributed by atoms with Crippen LogP contribution in [0.15, 0.2) is 0 Å². The summed E-state index contributed by atoms with van der Waals surface area (Å²) in [6.07, 6.45) is 0.750. The Morgan fingerprint density at radius 2 is 1.23 bits per heavy atom. The van der Waals surface area contributed by atoms with Crippen molar-refractivity contribution in [2.24, 2.45) is 0 Å². The number of carbonyl (C=O) groups is 2. The third-order valence-electron chi connectivity index (χ3n) is 0. The van der Waals surface area contributed by atoms with Crippen molar-refractivity contribution < 1.29 is 14.7 Å². The van der Waals surface area contributed by atoms with Crippen LogP contribution in [0.4, 0.5) is 0 Å². The number of rotatable bonds is 0. The maximum Gasteiger partial charge on any atom is 0.126 e. The Bertz CT molecular complexity index is 66.6. The lowest BCUT2D eigenvalue weighted by Crippen LogP contribution is -1.69. The van der Waals surface area contributed by atoms with Gasteiger partial charge in [0.15, 0.2) is 0 Å². The first kappa shape index (κ1) is 39.6. The fourth-order valence-corrected chi connectivity index (χ4v) is 0. The molecule has 0 radical (unpaired) electrons. The number of Topliss-reactive ketones (excluding diaryl/α,β-unsaturated/α-hetero) is 1. The lowest BCUT2D eigenvalue weighted by Gasteiger charge is -1.56. The van der Waals surface area contributed by atoms with Gasteiger partial charge in [0.25, 0.3) is 0 Å². The Kier molecular flexibility index (Phi) is 197. The lowest BCUT2D eigenvalue weighted by atomic mass is 10.6. The molecular formula is C10H28O3. The normalized spacial score (nSPS) is 4.38. The molecule has 3 nitrogen and oxygen atoms in total. The SMILES string of the molecule is C.C.C.CC(C)=O.CC=O.CCO. The van der Waals surface area contributed by atoms with Crippen LogP contribution in [0.2, 0.25) is 0 Å². The predicted octanol–water partition coefficient (Wildman–Crippen LogP) is 2.71. The summed E-state index contributed by atoms with van der Waals surface area (Å²) in [5.41, 5.74) is 0. The molecule has 0 aromatic heterocycles. The van der Waals surface area contributed by atoms with E-state index in [-0.39, 0.29) is 34.7 Å². The van der Waals surface area contributed by atoms with Gasteiger partial charge in [-0.3, -0.25) is 0 Å². The van der Waals surface area contributed by atoms with E-state index in [1.165, 1.54) is 20.8 Å². The van der Waals surface area contributed by atoms with Gasteiger partial charge in [-0.25, -0.2) is 0 Å². The zero-order valence-electron chi connectivity index (χ0n) is 7.05. The molecule has 0 rings (SSSR count). The molecule has 0 aromatic rings. The van der Waals surface area contributed by atoms with E-state index >= 15 is 0 Å². The highest BCUT2D eigenvalue weighted by Crippen LogP contribution is 1.50. The zero-order valence-corrected chi connectivity index (χ0v) is 7.05. The number of aldehydes is 1. The van der Waals surface area contributed by atoms with E-state index in [1.807, 2.05) is 0 Å². The van der Waals surface area contributed by atoms with Crippen LogP contribution in [0, 0.1) is 0 Å². The van der Waals surface area contributed by atoms with Crippen molar-refractivity contribution >= 4 is 12.1 Å². The molecule has 0 bridgehead atoms. The monoisotopic (exact) mass is 196 g/mol. The second-order valence-corrected chi connectivity index (χ2v) is 1.46. The topological polar surface area (TPSA) is 54.4 Å². The number of carbonyl (C=O) groups excluding carboxylic acids is 2. The second-order valence-electron chi connectivity index (χ2n) is 1.46. The number of hydrogen-bond acceptors (Lipinski definition) is 3. The van der Waals surface area contributed by atoms with Gasteiger partial charge in [-0.05, 0) is 27.7 Å². The molecule has 0 atom stereocenters. The first-order valence-electron chi connectivity index (χ1n) is 3.04. The smallest absolute Gasteiger partial charge is 0.126 e. The molecule has 0 amide bonds. The maximum atomic E-state index is 9.44. The van der Waals surface area contributed by atoms with Crippen molar-refractivity contribution in [3.05, 3.63) is 0 Å². The van der Waals surface area contributed by atoms with E-state index < -0.39 is 0 Å². The van der Waals surface area contributed by atoms with Gasteiger partial charge in [0.2, 0.25) is 0 Å². The van der Waals surface area contributed by atoms with E-state index in [0.717, 1.165) is 6.29 Å². The van der Waals surface area contributed by atoms with Crippen LogP contribution >= 0.6 is 0 Å². The fraction of sp³-hybridized carbons (Fsp3) is 0.800. The molecule has 0 spiro atoms.